The molecule has 0 atom stereocenters. The lowest BCUT2D eigenvalue weighted by atomic mass is 10.4. The average molecular weight is 203 g/mol. The zero-order valence-corrected chi connectivity index (χ0v) is 7.87. The Morgan fingerprint density at radius 1 is 1.33 bits per heavy atom. The zero-order chi connectivity index (χ0) is 10.7. The van der Waals surface area contributed by atoms with Crippen LogP contribution in [0.5, 0.6) is 0 Å². The predicted molar refractivity (Wildman–Crippen MR) is 52.5 cm³/mol. The molecule has 0 aliphatic rings. The van der Waals surface area contributed by atoms with Gasteiger partial charge in [-0.3, -0.25) is 0 Å². The molecule has 0 aliphatic carbocycles. The van der Waals surface area contributed by atoms with Crippen molar-refractivity contribution in [3.8, 4) is 0 Å². The first-order valence-electron chi connectivity index (χ1n) is 4.41. The molecule has 0 spiro atoms. The molecule has 0 unspecified atom stereocenters. The molecule has 0 saturated heterocycles. The summed E-state index contributed by atoms with van der Waals surface area (Å²) in [6.07, 6.45) is 4.96. The van der Waals surface area contributed by atoms with E-state index in [-0.39, 0.29) is 5.69 Å². The maximum absolute atomic E-state index is 10.8. The smallest absolute Gasteiger partial charge is 0.352 e. The van der Waals surface area contributed by atoms with Crippen LogP contribution >= 0.6 is 0 Å². The van der Waals surface area contributed by atoms with Crippen molar-refractivity contribution in [2.75, 3.05) is 0 Å². The normalized spacial score (nSPS) is 10.1. The van der Waals surface area contributed by atoms with Crippen LogP contribution in [0.1, 0.15) is 16.3 Å². The standard InChI is InChI=1S/C10H9N3O2/c14-10(15)8-3-1-6-13(8)7-9-11-4-2-5-12-9/h1-6H,7H2,(H,14,15). The van der Waals surface area contributed by atoms with Gasteiger partial charge >= 0.3 is 5.97 Å². The Kier molecular flexibility index (Phi) is 2.45. The first-order chi connectivity index (χ1) is 7.27. The van der Waals surface area contributed by atoms with Crippen LogP contribution in [0.2, 0.25) is 0 Å². The summed E-state index contributed by atoms with van der Waals surface area (Å²) < 4.78 is 1.59. The van der Waals surface area contributed by atoms with Crippen LogP contribution in [-0.4, -0.2) is 25.6 Å². The van der Waals surface area contributed by atoms with Crippen LogP contribution in [0.4, 0.5) is 0 Å². The number of hydrogen-bond acceptors (Lipinski definition) is 3. The Hall–Kier alpha value is -2.17. The lowest BCUT2D eigenvalue weighted by molar-refractivity contribution is 0.0685. The molecule has 5 heteroatoms. The van der Waals surface area contributed by atoms with Crippen molar-refractivity contribution in [1.82, 2.24) is 14.5 Å². The quantitative estimate of drug-likeness (QED) is 0.808. The number of carbonyl (C=O) groups is 1. The molecular weight excluding hydrogens is 194 g/mol. The molecule has 5 nitrogen and oxygen atoms in total. The zero-order valence-electron chi connectivity index (χ0n) is 7.87. The number of nitrogens with zero attached hydrogens (tertiary/aromatic N) is 3. The van der Waals surface area contributed by atoms with Crippen molar-refractivity contribution in [2.45, 2.75) is 6.54 Å². The number of aromatic carboxylic acids is 1. The summed E-state index contributed by atoms with van der Waals surface area (Å²) in [5, 5.41) is 8.87. The van der Waals surface area contributed by atoms with Gasteiger partial charge in [0.1, 0.15) is 11.5 Å². The Bertz CT molecular complexity index is 465. The molecule has 2 heterocycles. The third kappa shape index (κ3) is 2.01. The van der Waals surface area contributed by atoms with Gasteiger partial charge in [-0.1, -0.05) is 0 Å². The largest absolute Gasteiger partial charge is 0.477 e. The van der Waals surface area contributed by atoms with Gasteiger partial charge in [-0.15, -0.1) is 0 Å². The molecule has 2 aromatic heterocycles. The Balaban J connectivity index is 2.25. The molecule has 2 aromatic rings. The minimum atomic E-state index is -0.948. The van der Waals surface area contributed by atoms with Crippen LogP contribution < -0.4 is 0 Å². The highest BCUT2D eigenvalue weighted by molar-refractivity contribution is 5.85. The number of aromatic nitrogens is 3. The van der Waals surface area contributed by atoms with E-state index in [1.807, 2.05) is 0 Å². The van der Waals surface area contributed by atoms with E-state index in [0.717, 1.165) is 0 Å². The van der Waals surface area contributed by atoms with Crippen LogP contribution in [0.15, 0.2) is 36.8 Å². The number of carboxylic acid groups (broad SMARTS) is 1. The van der Waals surface area contributed by atoms with Gasteiger partial charge in [0.2, 0.25) is 0 Å². The summed E-state index contributed by atoms with van der Waals surface area (Å²) in [6, 6.07) is 4.95. The van der Waals surface area contributed by atoms with Gasteiger partial charge in [0.25, 0.3) is 0 Å². The summed E-state index contributed by atoms with van der Waals surface area (Å²) in [4.78, 5) is 18.9. The van der Waals surface area contributed by atoms with E-state index in [1.54, 1.807) is 41.4 Å². The third-order valence-electron chi connectivity index (χ3n) is 1.98. The molecule has 0 aromatic carbocycles. The van der Waals surface area contributed by atoms with Gasteiger partial charge < -0.3 is 9.67 Å². The topological polar surface area (TPSA) is 68.0 Å². The highest BCUT2D eigenvalue weighted by Crippen LogP contribution is 2.04. The summed E-state index contributed by atoms with van der Waals surface area (Å²) >= 11 is 0. The van der Waals surface area contributed by atoms with Crippen LogP contribution in [0.25, 0.3) is 0 Å². The average Bonchev–Trinajstić information content (AvgIpc) is 2.67. The molecule has 0 fully saturated rings. The Morgan fingerprint density at radius 2 is 2.07 bits per heavy atom. The second kappa shape index (κ2) is 3.91. The van der Waals surface area contributed by atoms with E-state index in [0.29, 0.717) is 12.4 Å². The monoisotopic (exact) mass is 203 g/mol. The molecule has 0 saturated carbocycles. The van der Waals surface area contributed by atoms with Gasteiger partial charge in [-0.25, -0.2) is 14.8 Å². The van der Waals surface area contributed by atoms with Gasteiger partial charge in [0.05, 0.1) is 6.54 Å². The molecule has 76 valence electrons. The van der Waals surface area contributed by atoms with Gasteiger partial charge in [0.15, 0.2) is 0 Å². The van der Waals surface area contributed by atoms with E-state index >= 15 is 0 Å². The predicted octanol–water partition coefficient (Wildman–Crippen LogP) is 1.02. The lowest BCUT2D eigenvalue weighted by Crippen LogP contribution is -2.10. The molecule has 0 amide bonds. The number of rotatable bonds is 3. The number of carboxylic acids is 1. The van der Waals surface area contributed by atoms with Crippen molar-refractivity contribution < 1.29 is 9.90 Å². The first kappa shape index (κ1) is 9.39. The van der Waals surface area contributed by atoms with E-state index < -0.39 is 5.97 Å². The van der Waals surface area contributed by atoms with Crippen molar-refractivity contribution in [3.63, 3.8) is 0 Å². The van der Waals surface area contributed by atoms with E-state index in [2.05, 4.69) is 9.97 Å². The van der Waals surface area contributed by atoms with E-state index in [4.69, 9.17) is 5.11 Å². The SMILES string of the molecule is O=C(O)c1cccn1Cc1ncccn1. The third-order valence-corrected chi connectivity index (χ3v) is 1.98. The summed E-state index contributed by atoms with van der Waals surface area (Å²) in [5.41, 5.74) is 0.238. The van der Waals surface area contributed by atoms with Crippen molar-refractivity contribution in [3.05, 3.63) is 48.3 Å². The Labute approximate surface area is 86.0 Å². The molecule has 0 radical (unpaired) electrons. The lowest BCUT2D eigenvalue weighted by Gasteiger charge is -2.03. The fourth-order valence-corrected chi connectivity index (χ4v) is 1.31. The fourth-order valence-electron chi connectivity index (χ4n) is 1.31. The summed E-state index contributed by atoms with van der Waals surface area (Å²) in [5.74, 6) is -0.355. The van der Waals surface area contributed by atoms with Gasteiger partial charge in [-0.05, 0) is 18.2 Å². The van der Waals surface area contributed by atoms with Crippen molar-refractivity contribution in [2.24, 2.45) is 0 Å². The molecular formula is C10H9N3O2. The summed E-state index contributed by atoms with van der Waals surface area (Å²) in [7, 11) is 0. The van der Waals surface area contributed by atoms with Crippen molar-refractivity contribution >= 4 is 5.97 Å². The minimum absolute atomic E-state index is 0.238. The molecule has 2 rings (SSSR count). The first-order valence-corrected chi connectivity index (χ1v) is 4.41. The number of hydrogen-bond donors (Lipinski definition) is 1. The summed E-state index contributed by atoms with van der Waals surface area (Å²) in [6.45, 7) is 0.371. The maximum atomic E-state index is 10.8. The van der Waals surface area contributed by atoms with Crippen molar-refractivity contribution in [1.29, 1.82) is 0 Å². The van der Waals surface area contributed by atoms with Crippen LogP contribution in [0.3, 0.4) is 0 Å². The second-order valence-corrected chi connectivity index (χ2v) is 2.99. The molecule has 15 heavy (non-hydrogen) atoms. The van der Waals surface area contributed by atoms with E-state index in [1.165, 1.54) is 0 Å². The van der Waals surface area contributed by atoms with Gasteiger partial charge in [0, 0.05) is 18.6 Å². The maximum Gasteiger partial charge on any atom is 0.352 e. The highest BCUT2D eigenvalue weighted by Gasteiger charge is 2.09. The van der Waals surface area contributed by atoms with Crippen LogP contribution in [0, 0.1) is 0 Å². The van der Waals surface area contributed by atoms with Gasteiger partial charge in [-0.2, -0.15) is 0 Å². The molecule has 0 aliphatic heterocycles. The fraction of sp³-hybridized carbons (Fsp3) is 0.100. The molecule has 0 bridgehead atoms. The molecule has 1 N–H and O–H groups in total. The van der Waals surface area contributed by atoms with Crippen LogP contribution in [-0.2, 0) is 6.54 Å². The highest BCUT2D eigenvalue weighted by atomic mass is 16.4. The van der Waals surface area contributed by atoms with E-state index in [9.17, 15) is 4.79 Å². The Morgan fingerprint density at radius 3 is 2.73 bits per heavy atom. The minimum Gasteiger partial charge on any atom is -0.477 e. The second-order valence-electron chi connectivity index (χ2n) is 2.99.